The van der Waals surface area contributed by atoms with Crippen LogP contribution >= 0.6 is 23.2 Å². The van der Waals surface area contributed by atoms with Gasteiger partial charge < -0.3 is 9.47 Å². The molecule has 3 aromatic rings. The molecule has 0 spiro atoms. The smallest absolute Gasteiger partial charge is 0.335 e. The van der Waals surface area contributed by atoms with Gasteiger partial charge in [-0.2, -0.15) is 0 Å². The third-order valence-electron chi connectivity index (χ3n) is 5.69. The molecule has 1 heterocycles. The lowest BCUT2D eigenvalue weighted by molar-refractivity contribution is -0.122. The summed E-state index contributed by atoms with van der Waals surface area (Å²) in [6.07, 6.45) is 2.04. The van der Waals surface area contributed by atoms with E-state index in [1.807, 2.05) is 26.0 Å². The van der Waals surface area contributed by atoms with Gasteiger partial charge in [-0.05, 0) is 60.9 Å². The zero-order valence-electron chi connectivity index (χ0n) is 20.2. The molecule has 37 heavy (non-hydrogen) atoms. The van der Waals surface area contributed by atoms with Gasteiger partial charge in [0.05, 0.1) is 12.3 Å². The number of hydrogen-bond donors (Lipinski definition) is 1. The average molecular weight is 539 g/mol. The van der Waals surface area contributed by atoms with Crippen LogP contribution in [0.25, 0.3) is 6.08 Å². The first-order chi connectivity index (χ1) is 17.8. The van der Waals surface area contributed by atoms with E-state index < -0.39 is 17.8 Å². The van der Waals surface area contributed by atoms with Gasteiger partial charge in [0.25, 0.3) is 11.8 Å². The maximum absolute atomic E-state index is 13.3. The van der Waals surface area contributed by atoms with Crippen LogP contribution in [0.3, 0.4) is 0 Å². The number of carbonyl (C=O) groups excluding carboxylic acids is 3. The van der Waals surface area contributed by atoms with Crippen molar-refractivity contribution < 1.29 is 23.9 Å². The number of amides is 4. The first-order valence-corrected chi connectivity index (χ1v) is 12.4. The van der Waals surface area contributed by atoms with Crippen LogP contribution in [0.4, 0.5) is 10.5 Å². The topological polar surface area (TPSA) is 84.9 Å². The van der Waals surface area contributed by atoms with E-state index in [1.54, 1.807) is 48.5 Å². The van der Waals surface area contributed by atoms with E-state index >= 15 is 0 Å². The molecule has 1 aliphatic rings. The van der Waals surface area contributed by atoms with Crippen LogP contribution in [0.5, 0.6) is 11.5 Å². The number of barbiturate groups is 1. The lowest BCUT2D eigenvalue weighted by Gasteiger charge is -2.28. The van der Waals surface area contributed by atoms with Crippen molar-refractivity contribution in [2.45, 2.75) is 26.9 Å². The molecule has 190 valence electrons. The average Bonchev–Trinajstić information content (AvgIpc) is 2.87. The summed E-state index contributed by atoms with van der Waals surface area (Å²) in [5.41, 5.74) is 2.35. The minimum atomic E-state index is -0.785. The lowest BCUT2D eigenvalue weighted by atomic mass is 10.0. The van der Waals surface area contributed by atoms with Crippen molar-refractivity contribution in [1.82, 2.24) is 5.32 Å². The Morgan fingerprint density at radius 2 is 1.68 bits per heavy atom. The summed E-state index contributed by atoms with van der Waals surface area (Å²) in [6.45, 7) is 4.31. The van der Waals surface area contributed by atoms with Gasteiger partial charge in [-0.15, -0.1) is 0 Å². The standard InChI is InChI=1S/C28H24Cl2N2O5/c1-3-18-7-5-6-8-23(18)32-27(34)21(26(33)31-28(32)35)13-17-9-12-24(25(14-17)36-4-2)37-16-19-10-11-20(29)15-22(19)30/h5-15H,3-4,16H2,1-2H3,(H,31,33,35)/b21-13-. The van der Waals surface area contributed by atoms with Gasteiger partial charge in [0.15, 0.2) is 11.5 Å². The largest absolute Gasteiger partial charge is 0.490 e. The SMILES string of the molecule is CCOc1cc(/C=C2/C(=O)NC(=O)N(c3ccccc3CC)C2=O)ccc1OCc1ccc(Cl)cc1Cl. The van der Waals surface area contributed by atoms with Crippen molar-refractivity contribution in [1.29, 1.82) is 0 Å². The highest BCUT2D eigenvalue weighted by Gasteiger charge is 2.37. The van der Waals surface area contributed by atoms with E-state index in [2.05, 4.69) is 5.32 Å². The number of urea groups is 1. The van der Waals surface area contributed by atoms with E-state index in [0.29, 0.717) is 45.8 Å². The van der Waals surface area contributed by atoms with Gasteiger partial charge in [-0.25, -0.2) is 9.69 Å². The van der Waals surface area contributed by atoms with Gasteiger partial charge in [0, 0.05) is 15.6 Å². The number of ether oxygens (including phenoxy) is 2. The molecule has 7 nitrogen and oxygen atoms in total. The lowest BCUT2D eigenvalue weighted by Crippen LogP contribution is -2.54. The molecule has 0 unspecified atom stereocenters. The highest BCUT2D eigenvalue weighted by molar-refractivity contribution is 6.39. The Morgan fingerprint density at radius 1 is 0.892 bits per heavy atom. The molecular formula is C28H24Cl2N2O5. The maximum atomic E-state index is 13.3. The number of nitrogens with zero attached hydrogens (tertiary/aromatic N) is 1. The van der Waals surface area contributed by atoms with E-state index in [1.165, 1.54) is 6.08 Å². The molecule has 4 rings (SSSR count). The molecule has 0 bridgehead atoms. The number of anilines is 1. The summed E-state index contributed by atoms with van der Waals surface area (Å²) in [5.74, 6) is -0.584. The normalized spacial score (nSPS) is 14.6. The minimum absolute atomic E-state index is 0.172. The van der Waals surface area contributed by atoms with Gasteiger partial charge in [-0.1, -0.05) is 60.5 Å². The molecule has 4 amide bonds. The first-order valence-electron chi connectivity index (χ1n) is 11.6. The van der Waals surface area contributed by atoms with E-state index in [4.69, 9.17) is 32.7 Å². The predicted molar refractivity (Wildman–Crippen MR) is 143 cm³/mol. The Morgan fingerprint density at radius 3 is 2.41 bits per heavy atom. The van der Waals surface area contributed by atoms with Crippen molar-refractivity contribution in [3.05, 3.63) is 93.0 Å². The van der Waals surface area contributed by atoms with Crippen LogP contribution in [0.15, 0.2) is 66.2 Å². The van der Waals surface area contributed by atoms with Crippen molar-refractivity contribution in [3.8, 4) is 11.5 Å². The summed E-state index contributed by atoms with van der Waals surface area (Å²) in [4.78, 5) is 39.5. The number of nitrogens with one attached hydrogen (secondary N) is 1. The highest BCUT2D eigenvalue weighted by atomic mass is 35.5. The summed E-state index contributed by atoms with van der Waals surface area (Å²) >= 11 is 12.2. The second-order valence-corrected chi connectivity index (χ2v) is 8.95. The van der Waals surface area contributed by atoms with Crippen LogP contribution in [0.1, 0.15) is 30.5 Å². The Hall–Kier alpha value is -3.81. The minimum Gasteiger partial charge on any atom is -0.490 e. The van der Waals surface area contributed by atoms with Gasteiger partial charge in [0.2, 0.25) is 0 Å². The van der Waals surface area contributed by atoms with Gasteiger partial charge in [-0.3, -0.25) is 14.9 Å². The number of hydrogen-bond acceptors (Lipinski definition) is 5. The summed E-state index contributed by atoms with van der Waals surface area (Å²) < 4.78 is 11.7. The number of carbonyl (C=O) groups is 3. The van der Waals surface area contributed by atoms with E-state index in [0.717, 1.165) is 16.0 Å². The third kappa shape index (κ3) is 5.79. The molecule has 1 saturated heterocycles. The zero-order chi connectivity index (χ0) is 26.5. The fourth-order valence-corrected chi connectivity index (χ4v) is 4.33. The Balaban J connectivity index is 1.63. The fourth-order valence-electron chi connectivity index (χ4n) is 3.87. The fraction of sp³-hybridized carbons (Fsp3) is 0.179. The van der Waals surface area contributed by atoms with E-state index in [9.17, 15) is 14.4 Å². The number of imide groups is 2. The van der Waals surface area contributed by atoms with Crippen LogP contribution in [-0.2, 0) is 22.6 Å². The molecule has 1 aliphatic heterocycles. The Kier molecular flexibility index (Phi) is 8.16. The number of rotatable bonds is 8. The highest BCUT2D eigenvalue weighted by Crippen LogP contribution is 2.32. The summed E-state index contributed by atoms with van der Waals surface area (Å²) in [6, 6.07) is 16.5. The molecule has 9 heteroatoms. The van der Waals surface area contributed by atoms with Crippen molar-refractivity contribution in [3.63, 3.8) is 0 Å². The summed E-state index contributed by atoms with van der Waals surface area (Å²) in [5, 5.41) is 3.27. The van der Waals surface area contributed by atoms with Crippen LogP contribution in [0, 0.1) is 0 Å². The molecule has 0 radical (unpaired) electrons. The van der Waals surface area contributed by atoms with E-state index in [-0.39, 0.29) is 12.2 Å². The summed E-state index contributed by atoms with van der Waals surface area (Å²) in [7, 11) is 0. The monoisotopic (exact) mass is 538 g/mol. The number of aryl methyl sites for hydroxylation is 1. The molecular weight excluding hydrogens is 515 g/mol. The molecule has 3 aromatic carbocycles. The molecule has 0 atom stereocenters. The van der Waals surface area contributed by atoms with Crippen LogP contribution < -0.4 is 19.7 Å². The second-order valence-electron chi connectivity index (χ2n) is 8.10. The number of halogens is 2. The maximum Gasteiger partial charge on any atom is 0.335 e. The van der Waals surface area contributed by atoms with Gasteiger partial charge >= 0.3 is 6.03 Å². The van der Waals surface area contributed by atoms with Gasteiger partial charge in [0.1, 0.15) is 12.2 Å². The number of para-hydroxylation sites is 1. The zero-order valence-corrected chi connectivity index (χ0v) is 21.7. The van der Waals surface area contributed by atoms with Crippen molar-refractivity contribution in [2.75, 3.05) is 11.5 Å². The molecule has 1 N–H and O–H groups in total. The van der Waals surface area contributed by atoms with Crippen LogP contribution in [-0.4, -0.2) is 24.5 Å². The van der Waals surface area contributed by atoms with Crippen molar-refractivity contribution in [2.24, 2.45) is 0 Å². The molecule has 0 aliphatic carbocycles. The quantitative estimate of drug-likeness (QED) is 0.272. The van der Waals surface area contributed by atoms with Crippen molar-refractivity contribution >= 4 is 52.8 Å². The molecule has 0 saturated carbocycles. The predicted octanol–water partition coefficient (Wildman–Crippen LogP) is 6.20. The Labute approximate surface area is 224 Å². The van der Waals surface area contributed by atoms with Crippen LogP contribution in [0.2, 0.25) is 10.0 Å². The third-order valence-corrected chi connectivity index (χ3v) is 6.28. The Bertz CT molecular complexity index is 1400. The first kappa shape index (κ1) is 26.3. The molecule has 1 fully saturated rings. The second kappa shape index (κ2) is 11.5. The number of benzene rings is 3. The molecule has 0 aromatic heterocycles.